The highest BCUT2D eigenvalue weighted by Gasteiger charge is 2.21. The lowest BCUT2D eigenvalue weighted by atomic mass is 10.1. The SMILES string of the molecule is CN=C(NCCN(C)S(=O)(=O)c1cccs1)NCc1ccc(C)cc1OC(C)C. The highest BCUT2D eigenvalue weighted by Crippen LogP contribution is 2.22. The maximum atomic E-state index is 12.5. The Kier molecular flexibility index (Phi) is 8.48. The molecule has 0 aliphatic carbocycles. The fourth-order valence-electron chi connectivity index (χ4n) is 2.59. The highest BCUT2D eigenvalue weighted by atomic mass is 32.2. The molecule has 2 N–H and O–H groups in total. The van der Waals surface area contributed by atoms with E-state index in [-0.39, 0.29) is 6.10 Å². The van der Waals surface area contributed by atoms with E-state index in [1.807, 2.05) is 39.0 Å². The topological polar surface area (TPSA) is 83.0 Å². The maximum Gasteiger partial charge on any atom is 0.252 e. The Balaban J connectivity index is 1.89. The largest absolute Gasteiger partial charge is 0.491 e. The Morgan fingerprint density at radius 2 is 2.03 bits per heavy atom. The summed E-state index contributed by atoms with van der Waals surface area (Å²) in [5.74, 6) is 1.45. The van der Waals surface area contributed by atoms with Gasteiger partial charge in [-0.2, -0.15) is 4.31 Å². The Labute approximate surface area is 177 Å². The summed E-state index contributed by atoms with van der Waals surface area (Å²) in [4.78, 5) is 4.21. The molecule has 0 atom stereocenters. The van der Waals surface area contributed by atoms with Gasteiger partial charge in [-0.1, -0.05) is 18.2 Å². The zero-order chi connectivity index (χ0) is 21.4. The fraction of sp³-hybridized carbons (Fsp3) is 0.450. The molecule has 1 aromatic carbocycles. The highest BCUT2D eigenvalue weighted by molar-refractivity contribution is 7.91. The van der Waals surface area contributed by atoms with E-state index in [2.05, 4.69) is 15.6 Å². The lowest BCUT2D eigenvalue weighted by molar-refractivity contribution is 0.239. The van der Waals surface area contributed by atoms with Crippen molar-refractivity contribution in [3.8, 4) is 5.75 Å². The van der Waals surface area contributed by atoms with E-state index in [4.69, 9.17) is 4.74 Å². The number of aliphatic imine (C=N–C) groups is 1. The van der Waals surface area contributed by atoms with Gasteiger partial charge in [-0.15, -0.1) is 11.3 Å². The molecule has 1 aromatic heterocycles. The van der Waals surface area contributed by atoms with Gasteiger partial charge in [-0.3, -0.25) is 4.99 Å². The van der Waals surface area contributed by atoms with Crippen LogP contribution in [0.15, 0.2) is 44.9 Å². The molecule has 0 spiro atoms. The molecule has 0 aliphatic rings. The first-order valence-electron chi connectivity index (χ1n) is 9.44. The summed E-state index contributed by atoms with van der Waals surface area (Å²) < 4.78 is 32.5. The second-order valence-electron chi connectivity index (χ2n) is 6.89. The molecule has 29 heavy (non-hydrogen) atoms. The van der Waals surface area contributed by atoms with E-state index >= 15 is 0 Å². The van der Waals surface area contributed by atoms with Crippen LogP contribution in [-0.4, -0.2) is 52.0 Å². The number of guanidine groups is 1. The van der Waals surface area contributed by atoms with Crippen LogP contribution in [0.5, 0.6) is 5.75 Å². The molecule has 160 valence electrons. The van der Waals surface area contributed by atoms with Gasteiger partial charge in [0.05, 0.1) is 6.10 Å². The van der Waals surface area contributed by atoms with Gasteiger partial charge in [0.2, 0.25) is 0 Å². The van der Waals surface area contributed by atoms with E-state index in [1.54, 1.807) is 31.6 Å². The fourth-order valence-corrected chi connectivity index (χ4v) is 4.96. The zero-order valence-corrected chi connectivity index (χ0v) is 19.2. The molecule has 1 heterocycles. The third-order valence-corrected chi connectivity index (χ3v) is 7.36. The van der Waals surface area contributed by atoms with Gasteiger partial charge in [0.25, 0.3) is 10.0 Å². The summed E-state index contributed by atoms with van der Waals surface area (Å²) in [6.07, 6.45) is 0.0915. The molecular weight excluding hydrogens is 408 g/mol. The maximum absolute atomic E-state index is 12.5. The number of thiophene rings is 1. The van der Waals surface area contributed by atoms with Crippen LogP contribution in [0, 0.1) is 6.92 Å². The molecule has 0 unspecified atom stereocenters. The second kappa shape index (κ2) is 10.6. The van der Waals surface area contributed by atoms with E-state index in [0.29, 0.717) is 29.8 Å². The number of benzene rings is 1. The van der Waals surface area contributed by atoms with Crippen LogP contribution < -0.4 is 15.4 Å². The van der Waals surface area contributed by atoms with Gasteiger partial charge >= 0.3 is 0 Å². The van der Waals surface area contributed by atoms with Crippen molar-refractivity contribution in [3.63, 3.8) is 0 Å². The summed E-state index contributed by atoms with van der Waals surface area (Å²) in [5.41, 5.74) is 2.17. The van der Waals surface area contributed by atoms with Gasteiger partial charge in [0, 0.05) is 39.3 Å². The summed E-state index contributed by atoms with van der Waals surface area (Å²) in [6, 6.07) is 9.46. The van der Waals surface area contributed by atoms with Crippen LogP contribution in [-0.2, 0) is 16.6 Å². The number of hydrogen-bond donors (Lipinski definition) is 2. The normalized spacial score (nSPS) is 12.4. The average Bonchev–Trinajstić information content (AvgIpc) is 3.20. The number of nitrogens with zero attached hydrogens (tertiary/aromatic N) is 2. The van der Waals surface area contributed by atoms with Gasteiger partial charge in [-0.05, 0) is 43.8 Å². The van der Waals surface area contributed by atoms with Crippen molar-refractivity contribution in [2.75, 3.05) is 27.2 Å². The monoisotopic (exact) mass is 438 g/mol. The Morgan fingerprint density at radius 1 is 1.28 bits per heavy atom. The Bertz CT molecular complexity index is 910. The van der Waals surface area contributed by atoms with Crippen LogP contribution in [0.25, 0.3) is 0 Å². The minimum Gasteiger partial charge on any atom is -0.491 e. The number of ether oxygens (including phenoxy) is 1. The molecule has 0 radical (unpaired) electrons. The Morgan fingerprint density at radius 3 is 2.66 bits per heavy atom. The van der Waals surface area contributed by atoms with Crippen LogP contribution in [0.4, 0.5) is 0 Å². The minimum atomic E-state index is -3.44. The molecule has 0 amide bonds. The van der Waals surface area contributed by atoms with Crippen molar-refractivity contribution in [2.24, 2.45) is 4.99 Å². The summed E-state index contributed by atoms with van der Waals surface area (Å²) >= 11 is 1.22. The Hall–Kier alpha value is -2.10. The second-order valence-corrected chi connectivity index (χ2v) is 10.1. The van der Waals surface area contributed by atoms with Gasteiger partial charge in [0.1, 0.15) is 9.96 Å². The number of rotatable bonds is 9. The number of hydrogen-bond acceptors (Lipinski definition) is 5. The summed E-state index contributed by atoms with van der Waals surface area (Å²) in [7, 11) is -0.181. The zero-order valence-electron chi connectivity index (χ0n) is 17.6. The minimum absolute atomic E-state index is 0.0915. The smallest absolute Gasteiger partial charge is 0.252 e. The van der Waals surface area contributed by atoms with Crippen LogP contribution in [0.1, 0.15) is 25.0 Å². The van der Waals surface area contributed by atoms with E-state index in [9.17, 15) is 8.42 Å². The molecule has 0 fully saturated rings. The van der Waals surface area contributed by atoms with Gasteiger partial charge in [0.15, 0.2) is 5.96 Å². The average molecular weight is 439 g/mol. The molecule has 2 rings (SSSR count). The van der Waals surface area contributed by atoms with Crippen molar-refractivity contribution in [1.29, 1.82) is 0 Å². The number of likely N-dealkylation sites (N-methyl/N-ethyl adjacent to an activating group) is 1. The first kappa shape index (κ1) is 23.2. The van der Waals surface area contributed by atoms with Crippen molar-refractivity contribution >= 4 is 27.3 Å². The number of aryl methyl sites for hydroxylation is 1. The van der Waals surface area contributed by atoms with Crippen molar-refractivity contribution in [3.05, 3.63) is 46.8 Å². The number of nitrogens with one attached hydrogen (secondary N) is 2. The third kappa shape index (κ3) is 6.73. The molecule has 0 aliphatic heterocycles. The standard InChI is InChI=1S/C20H30N4O3S2/c1-15(2)27-18-13-16(3)8-9-17(18)14-23-20(21-4)22-10-11-24(5)29(25,26)19-7-6-12-28-19/h6-9,12-13,15H,10-11,14H2,1-5H3,(H2,21,22,23). The molecule has 0 bridgehead atoms. The van der Waals surface area contributed by atoms with E-state index in [0.717, 1.165) is 16.9 Å². The quantitative estimate of drug-likeness (QED) is 0.465. The van der Waals surface area contributed by atoms with Crippen LogP contribution >= 0.6 is 11.3 Å². The van der Waals surface area contributed by atoms with E-state index < -0.39 is 10.0 Å². The van der Waals surface area contributed by atoms with E-state index in [1.165, 1.54) is 15.6 Å². The van der Waals surface area contributed by atoms with Gasteiger partial charge in [-0.25, -0.2) is 8.42 Å². The van der Waals surface area contributed by atoms with Crippen molar-refractivity contribution in [2.45, 2.75) is 37.6 Å². The van der Waals surface area contributed by atoms with Crippen molar-refractivity contribution < 1.29 is 13.2 Å². The summed E-state index contributed by atoms with van der Waals surface area (Å²) in [6.45, 7) is 7.34. The molecular formula is C20H30N4O3S2. The molecule has 0 saturated carbocycles. The lowest BCUT2D eigenvalue weighted by Crippen LogP contribution is -2.41. The molecule has 9 heteroatoms. The lowest BCUT2D eigenvalue weighted by Gasteiger charge is -2.19. The molecule has 0 saturated heterocycles. The predicted molar refractivity (Wildman–Crippen MR) is 119 cm³/mol. The van der Waals surface area contributed by atoms with Gasteiger partial charge < -0.3 is 15.4 Å². The predicted octanol–water partition coefficient (Wildman–Crippen LogP) is 2.83. The molecule has 7 nitrogen and oxygen atoms in total. The van der Waals surface area contributed by atoms with Crippen molar-refractivity contribution in [1.82, 2.24) is 14.9 Å². The van der Waals surface area contributed by atoms with Crippen LogP contribution in [0.3, 0.4) is 0 Å². The third-order valence-electron chi connectivity index (χ3n) is 4.13. The molecule has 2 aromatic rings. The first-order valence-corrected chi connectivity index (χ1v) is 11.8. The van der Waals surface area contributed by atoms with Crippen LogP contribution in [0.2, 0.25) is 0 Å². The number of sulfonamides is 1. The summed E-state index contributed by atoms with van der Waals surface area (Å²) in [5, 5.41) is 8.16. The first-order chi connectivity index (χ1) is 13.7.